The van der Waals surface area contributed by atoms with E-state index in [1.165, 1.54) is 0 Å². The number of nitrogens with two attached hydrogens (primary N) is 2. The van der Waals surface area contributed by atoms with Crippen molar-refractivity contribution in [3.8, 4) is 17.1 Å². The lowest BCUT2D eigenvalue weighted by Crippen LogP contribution is -2.17. The van der Waals surface area contributed by atoms with Gasteiger partial charge in [0.05, 0.1) is 24.4 Å². The molecule has 0 aliphatic carbocycles. The van der Waals surface area contributed by atoms with E-state index in [4.69, 9.17) is 20.9 Å². The quantitative estimate of drug-likeness (QED) is 0.710. The van der Waals surface area contributed by atoms with Crippen molar-refractivity contribution >= 4 is 22.7 Å². The first kappa shape index (κ1) is 14.6. The zero-order valence-electron chi connectivity index (χ0n) is 13.0. The van der Waals surface area contributed by atoms with Gasteiger partial charge in [0.25, 0.3) is 0 Å². The van der Waals surface area contributed by atoms with Crippen LogP contribution >= 0.6 is 0 Å². The Balaban J connectivity index is 1.78. The summed E-state index contributed by atoms with van der Waals surface area (Å²) in [5.41, 5.74) is 15.2. The van der Waals surface area contributed by atoms with Crippen LogP contribution in [0.3, 0.4) is 0 Å². The summed E-state index contributed by atoms with van der Waals surface area (Å²) in [6.45, 7) is 1.23. The van der Waals surface area contributed by atoms with E-state index >= 15 is 0 Å². The number of aromatic nitrogens is 3. The van der Waals surface area contributed by atoms with Gasteiger partial charge in [0.2, 0.25) is 11.8 Å². The minimum absolute atomic E-state index is 0.0375. The second-order valence-electron chi connectivity index (χ2n) is 5.68. The average molecular weight is 323 g/mol. The molecule has 0 bridgehead atoms. The number of hydrogen-bond donors (Lipinski definition) is 2. The summed E-state index contributed by atoms with van der Waals surface area (Å²) < 4.78 is 11.3. The van der Waals surface area contributed by atoms with Gasteiger partial charge in [-0.05, 0) is 24.3 Å². The van der Waals surface area contributed by atoms with Crippen LogP contribution < -0.4 is 16.2 Å². The van der Waals surface area contributed by atoms with E-state index in [0.29, 0.717) is 35.8 Å². The lowest BCUT2D eigenvalue weighted by atomic mass is 10.1. The topological polar surface area (TPSA) is 109 Å². The van der Waals surface area contributed by atoms with Gasteiger partial charge in [-0.15, -0.1) is 0 Å². The van der Waals surface area contributed by atoms with Gasteiger partial charge in [0.15, 0.2) is 5.52 Å². The smallest absolute Gasteiger partial charge is 0.245 e. The van der Waals surface area contributed by atoms with E-state index in [1.807, 2.05) is 36.4 Å². The Labute approximate surface area is 138 Å². The fourth-order valence-corrected chi connectivity index (χ4v) is 2.67. The molecule has 122 valence electrons. The number of benzene rings is 1. The molecule has 7 nitrogen and oxygen atoms in total. The molecule has 3 aromatic rings. The number of rotatable bonds is 3. The first-order valence-electron chi connectivity index (χ1n) is 7.73. The van der Waals surface area contributed by atoms with Crippen LogP contribution in [0, 0.1) is 0 Å². The summed E-state index contributed by atoms with van der Waals surface area (Å²) in [5.74, 6) is 0.559. The second-order valence-corrected chi connectivity index (χ2v) is 5.68. The van der Waals surface area contributed by atoms with Crippen LogP contribution in [-0.4, -0.2) is 34.3 Å². The predicted octanol–water partition coefficient (Wildman–Crippen LogP) is 2.02. The number of anilines is 2. The summed E-state index contributed by atoms with van der Waals surface area (Å²) in [6.07, 6.45) is 0.785. The molecule has 1 fully saturated rings. The molecular formula is C17H17N5O2. The Morgan fingerprint density at radius 1 is 1.00 bits per heavy atom. The van der Waals surface area contributed by atoms with E-state index < -0.39 is 0 Å². The molecular weight excluding hydrogens is 306 g/mol. The van der Waals surface area contributed by atoms with Gasteiger partial charge >= 0.3 is 0 Å². The molecule has 1 aromatic carbocycles. The Kier molecular flexibility index (Phi) is 3.62. The highest BCUT2D eigenvalue weighted by Gasteiger charge is 2.20. The van der Waals surface area contributed by atoms with Gasteiger partial charge in [0.1, 0.15) is 6.10 Å². The highest BCUT2D eigenvalue weighted by molar-refractivity contribution is 5.83. The molecule has 1 unspecified atom stereocenters. The van der Waals surface area contributed by atoms with Crippen LogP contribution in [0.5, 0.6) is 5.88 Å². The van der Waals surface area contributed by atoms with Gasteiger partial charge < -0.3 is 20.9 Å². The fourth-order valence-electron chi connectivity index (χ4n) is 2.67. The van der Waals surface area contributed by atoms with Crippen molar-refractivity contribution in [2.75, 3.05) is 24.7 Å². The van der Waals surface area contributed by atoms with Crippen molar-refractivity contribution in [1.29, 1.82) is 0 Å². The van der Waals surface area contributed by atoms with Crippen LogP contribution in [0.1, 0.15) is 6.42 Å². The maximum atomic E-state index is 5.94. The SMILES string of the molecule is Nc1ccc(-c2ccc3nc(N)nc(OC4CCOC4)c3n2)cc1. The maximum absolute atomic E-state index is 5.94. The summed E-state index contributed by atoms with van der Waals surface area (Å²) in [4.78, 5) is 13.1. The van der Waals surface area contributed by atoms with E-state index in [1.54, 1.807) is 0 Å². The third-order valence-electron chi connectivity index (χ3n) is 3.90. The fraction of sp³-hybridized carbons (Fsp3) is 0.235. The molecule has 1 aliphatic heterocycles. The van der Waals surface area contributed by atoms with E-state index in [2.05, 4.69) is 15.0 Å². The number of hydrogen-bond acceptors (Lipinski definition) is 7. The van der Waals surface area contributed by atoms with E-state index in [0.717, 1.165) is 17.7 Å². The number of nitrogens with zero attached hydrogens (tertiary/aromatic N) is 3. The average Bonchev–Trinajstić information content (AvgIpc) is 3.08. The molecule has 0 amide bonds. The molecule has 4 rings (SSSR count). The molecule has 4 N–H and O–H groups in total. The highest BCUT2D eigenvalue weighted by Crippen LogP contribution is 2.27. The highest BCUT2D eigenvalue weighted by atomic mass is 16.5. The minimum Gasteiger partial charge on any atom is -0.470 e. The first-order chi connectivity index (χ1) is 11.7. The first-order valence-corrected chi connectivity index (χ1v) is 7.73. The van der Waals surface area contributed by atoms with Crippen molar-refractivity contribution in [3.05, 3.63) is 36.4 Å². The van der Waals surface area contributed by atoms with Gasteiger partial charge in [-0.25, -0.2) is 9.97 Å². The maximum Gasteiger partial charge on any atom is 0.245 e. The molecule has 1 atom stereocenters. The Hall–Kier alpha value is -2.93. The van der Waals surface area contributed by atoms with Crippen LogP contribution in [0.25, 0.3) is 22.3 Å². The lowest BCUT2D eigenvalue weighted by Gasteiger charge is -2.13. The Morgan fingerprint density at radius 2 is 1.83 bits per heavy atom. The van der Waals surface area contributed by atoms with Crippen LogP contribution in [-0.2, 0) is 4.74 Å². The Morgan fingerprint density at radius 3 is 2.58 bits per heavy atom. The monoisotopic (exact) mass is 323 g/mol. The summed E-state index contributed by atoms with van der Waals surface area (Å²) in [5, 5.41) is 0. The van der Waals surface area contributed by atoms with Gasteiger partial charge in [-0.3, -0.25) is 0 Å². The zero-order valence-corrected chi connectivity index (χ0v) is 13.0. The minimum atomic E-state index is -0.0375. The van der Waals surface area contributed by atoms with Gasteiger partial charge in [0, 0.05) is 17.7 Å². The molecule has 7 heteroatoms. The van der Waals surface area contributed by atoms with Crippen LogP contribution in [0.2, 0.25) is 0 Å². The number of pyridine rings is 1. The molecule has 1 saturated heterocycles. The molecule has 0 radical (unpaired) electrons. The standard InChI is InChI=1S/C17H17N5O2/c18-11-3-1-10(2-4-11)13-5-6-14-15(20-13)16(22-17(19)21-14)24-12-7-8-23-9-12/h1-6,12H,7-9,18H2,(H2,19,21,22). The molecule has 2 aromatic heterocycles. The number of ether oxygens (including phenoxy) is 2. The molecule has 24 heavy (non-hydrogen) atoms. The van der Waals surface area contributed by atoms with Crippen molar-refractivity contribution in [1.82, 2.24) is 15.0 Å². The Bertz CT molecular complexity index is 876. The predicted molar refractivity (Wildman–Crippen MR) is 91.4 cm³/mol. The van der Waals surface area contributed by atoms with E-state index in [-0.39, 0.29) is 12.1 Å². The van der Waals surface area contributed by atoms with Crippen molar-refractivity contribution < 1.29 is 9.47 Å². The van der Waals surface area contributed by atoms with Crippen LogP contribution in [0.15, 0.2) is 36.4 Å². The third kappa shape index (κ3) is 2.81. The third-order valence-corrected chi connectivity index (χ3v) is 3.90. The summed E-state index contributed by atoms with van der Waals surface area (Å²) >= 11 is 0. The largest absolute Gasteiger partial charge is 0.470 e. The molecule has 0 saturated carbocycles. The zero-order chi connectivity index (χ0) is 16.5. The van der Waals surface area contributed by atoms with Crippen LogP contribution in [0.4, 0.5) is 11.6 Å². The lowest BCUT2D eigenvalue weighted by molar-refractivity contribution is 0.139. The van der Waals surface area contributed by atoms with Gasteiger partial charge in [-0.2, -0.15) is 4.98 Å². The van der Waals surface area contributed by atoms with Crippen molar-refractivity contribution in [2.45, 2.75) is 12.5 Å². The number of nitrogen functional groups attached to an aromatic ring is 2. The number of fused-ring (bicyclic) bond motifs is 1. The van der Waals surface area contributed by atoms with Gasteiger partial charge in [-0.1, -0.05) is 12.1 Å². The molecule has 1 aliphatic rings. The van der Waals surface area contributed by atoms with E-state index in [9.17, 15) is 0 Å². The summed E-state index contributed by atoms with van der Waals surface area (Å²) in [7, 11) is 0. The molecule has 0 spiro atoms. The van der Waals surface area contributed by atoms with Crippen molar-refractivity contribution in [2.24, 2.45) is 0 Å². The second kappa shape index (κ2) is 5.93. The summed E-state index contributed by atoms with van der Waals surface area (Å²) in [6, 6.07) is 11.3. The normalized spacial score (nSPS) is 17.2. The molecule has 3 heterocycles. The van der Waals surface area contributed by atoms with Crippen molar-refractivity contribution in [3.63, 3.8) is 0 Å².